The van der Waals surface area contributed by atoms with Crippen LogP contribution in [0.4, 0.5) is 11.4 Å². The van der Waals surface area contributed by atoms with Crippen molar-refractivity contribution >= 4 is 17.3 Å². The molecule has 1 fully saturated rings. The molecule has 4 nitrogen and oxygen atoms in total. The summed E-state index contributed by atoms with van der Waals surface area (Å²) in [4.78, 5) is 14.1. The van der Waals surface area contributed by atoms with Gasteiger partial charge in [-0.05, 0) is 25.5 Å². The van der Waals surface area contributed by atoms with Crippen LogP contribution in [-0.4, -0.2) is 25.7 Å². The van der Waals surface area contributed by atoms with Gasteiger partial charge in [0.05, 0.1) is 23.9 Å². The summed E-state index contributed by atoms with van der Waals surface area (Å²) in [5.74, 6) is 0.0949. The van der Waals surface area contributed by atoms with Crippen LogP contribution in [0.3, 0.4) is 0 Å². The molecule has 1 aromatic carbocycles. The molecule has 0 radical (unpaired) electrons. The topological polar surface area (TPSA) is 55.6 Å². The lowest BCUT2D eigenvalue weighted by Crippen LogP contribution is -2.36. The SMILES string of the molecule is CCN(C(=O)C1CCOC1)c1ccccc1N. The van der Waals surface area contributed by atoms with Gasteiger partial charge >= 0.3 is 0 Å². The van der Waals surface area contributed by atoms with E-state index in [1.54, 1.807) is 4.90 Å². The van der Waals surface area contributed by atoms with Crippen LogP contribution >= 0.6 is 0 Å². The van der Waals surface area contributed by atoms with Gasteiger partial charge in [-0.1, -0.05) is 12.1 Å². The van der Waals surface area contributed by atoms with E-state index in [1.165, 1.54) is 0 Å². The average molecular weight is 234 g/mol. The van der Waals surface area contributed by atoms with Crippen LogP contribution in [0.25, 0.3) is 0 Å². The number of ether oxygens (including phenoxy) is 1. The van der Waals surface area contributed by atoms with Crippen molar-refractivity contribution in [1.82, 2.24) is 0 Å². The maximum Gasteiger partial charge on any atom is 0.232 e. The number of rotatable bonds is 3. The van der Waals surface area contributed by atoms with Crippen LogP contribution in [0.5, 0.6) is 0 Å². The molecule has 0 spiro atoms. The molecule has 92 valence electrons. The molecule has 4 heteroatoms. The van der Waals surface area contributed by atoms with Crippen molar-refractivity contribution in [2.45, 2.75) is 13.3 Å². The van der Waals surface area contributed by atoms with Crippen LogP contribution in [0.2, 0.25) is 0 Å². The molecule has 1 aliphatic heterocycles. The number of nitrogen functional groups attached to an aromatic ring is 1. The highest BCUT2D eigenvalue weighted by molar-refractivity contribution is 5.97. The first-order chi connectivity index (χ1) is 8.24. The summed E-state index contributed by atoms with van der Waals surface area (Å²) in [6, 6.07) is 7.46. The minimum Gasteiger partial charge on any atom is -0.397 e. The second-order valence-electron chi connectivity index (χ2n) is 4.20. The van der Waals surface area contributed by atoms with Gasteiger partial charge in [-0.15, -0.1) is 0 Å². The first kappa shape index (κ1) is 11.9. The Kier molecular flexibility index (Phi) is 3.64. The summed E-state index contributed by atoms with van der Waals surface area (Å²) in [7, 11) is 0. The number of carbonyl (C=O) groups excluding carboxylic acids is 1. The summed E-state index contributed by atoms with van der Waals surface area (Å²) in [6.07, 6.45) is 0.808. The van der Waals surface area contributed by atoms with E-state index in [0.717, 1.165) is 12.1 Å². The molecule has 1 unspecified atom stereocenters. The molecule has 1 saturated heterocycles. The largest absolute Gasteiger partial charge is 0.397 e. The molecule has 1 amide bonds. The Bertz CT molecular complexity index is 400. The van der Waals surface area contributed by atoms with Gasteiger partial charge in [0.2, 0.25) is 5.91 Å². The number of anilines is 2. The molecule has 17 heavy (non-hydrogen) atoms. The fourth-order valence-electron chi connectivity index (χ4n) is 2.13. The van der Waals surface area contributed by atoms with E-state index in [1.807, 2.05) is 31.2 Å². The Balaban J connectivity index is 2.21. The fraction of sp³-hybridized carbons (Fsp3) is 0.462. The van der Waals surface area contributed by atoms with E-state index in [4.69, 9.17) is 10.5 Å². The lowest BCUT2D eigenvalue weighted by molar-refractivity contribution is -0.122. The molecule has 0 bridgehead atoms. The van der Waals surface area contributed by atoms with Crippen molar-refractivity contribution in [3.05, 3.63) is 24.3 Å². The highest BCUT2D eigenvalue weighted by atomic mass is 16.5. The predicted molar refractivity (Wildman–Crippen MR) is 67.8 cm³/mol. The monoisotopic (exact) mass is 234 g/mol. The number of para-hydroxylation sites is 2. The molecule has 0 saturated carbocycles. The van der Waals surface area contributed by atoms with Crippen LogP contribution in [0, 0.1) is 5.92 Å². The molecule has 1 heterocycles. The summed E-state index contributed by atoms with van der Waals surface area (Å²) < 4.78 is 5.26. The van der Waals surface area contributed by atoms with E-state index in [2.05, 4.69) is 0 Å². The lowest BCUT2D eigenvalue weighted by atomic mass is 10.1. The van der Waals surface area contributed by atoms with Gasteiger partial charge in [-0.25, -0.2) is 0 Å². The number of carbonyl (C=O) groups is 1. The number of amides is 1. The Morgan fingerprint density at radius 2 is 2.29 bits per heavy atom. The van der Waals surface area contributed by atoms with Crippen LogP contribution in [0.15, 0.2) is 24.3 Å². The standard InChI is InChI=1S/C13H18N2O2/c1-2-15(12-6-4-3-5-11(12)14)13(16)10-7-8-17-9-10/h3-6,10H,2,7-9,14H2,1H3. The third kappa shape index (κ3) is 2.42. The highest BCUT2D eigenvalue weighted by Crippen LogP contribution is 2.25. The Hall–Kier alpha value is -1.55. The minimum absolute atomic E-state index is 0.0189. The van der Waals surface area contributed by atoms with Crippen molar-refractivity contribution < 1.29 is 9.53 Å². The zero-order valence-electron chi connectivity index (χ0n) is 10.1. The van der Waals surface area contributed by atoms with Crippen LogP contribution in [0.1, 0.15) is 13.3 Å². The average Bonchev–Trinajstić information content (AvgIpc) is 2.86. The third-order valence-electron chi connectivity index (χ3n) is 3.09. The normalized spacial score (nSPS) is 19.2. The maximum atomic E-state index is 12.3. The van der Waals surface area contributed by atoms with Crippen molar-refractivity contribution in [3.8, 4) is 0 Å². The van der Waals surface area contributed by atoms with Gasteiger partial charge in [0, 0.05) is 13.2 Å². The summed E-state index contributed by atoms with van der Waals surface area (Å²) in [6.45, 7) is 3.80. The molecular weight excluding hydrogens is 216 g/mol. The molecule has 1 aliphatic rings. The van der Waals surface area contributed by atoms with Gasteiger partial charge < -0.3 is 15.4 Å². The number of nitrogens with zero attached hydrogens (tertiary/aromatic N) is 1. The molecule has 2 N–H and O–H groups in total. The van der Waals surface area contributed by atoms with E-state index < -0.39 is 0 Å². The fourth-order valence-corrected chi connectivity index (χ4v) is 2.13. The smallest absolute Gasteiger partial charge is 0.232 e. The maximum absolute atomic E-state index is 12.3. The predicted octanol–water partition coefficient (Wildman–Crippen LogP) is 1.66. The van der Waals surface area contributed by atoms with Crippen molar-refractivity contribution in [2.24, 2.45) is 5.92 Å². The first-order valence-corrected chi connectivity index (χ1v) is 5.97. The zero-order chi connectivity index (χ0) is 12.3. The Morgan fingerprint density at radius 3 is 2.88 bits per heavy atom. The summed E-state index contributed by atoms with van der Waals surface area (Å²) >= 11 is 0. The quantitative estimate of drug-likeness (QED) is 0.809. The number of hydrogen-bond donors (Lipinski definition) is 1. The molecule has 0 aromatic heterocycles. The first-order valence-electron chi connectivity index (χ1n) is 5.97. The van der Waals surface area contributed by atoms with Gasteiger partial charge in [0.1, 0.15) is 0 Å². The summed E-state index contributed by atoms with van der Waals surface area (Å²) in [5.41, 5.74) is 7.35. The van der Waals surface area contributed by atoms with Crippen LogP contribution in [-0.2, 0) is 9.53 Å². The van der Waals surface area contributed by atoms with E-state index in [-0.39, 0.29) is 11.8 Å². The summed E-state index contributed by atoms with van der Waals surface area (Å²) in [5, 5.41) is 0. The van der Waals surface area contributed by atoms with Gasteiger partial charge in [-0.3, -0.25) is 4.79 Å². The Labute approximate surface area is 101 Å². The van der Waals surface area contributed by atoms with Gasteiger partial charge in [0.15, 0.2) is 0 Å². The minimum atomic E-state index is -0.0189. The Morgan fingerprint density at radius 1 is 1.53 bits per heavy atom. The third-order valence-corrected chi connectivity index (χ3v) is 3.09. The van der Waals surface area contributed by atoms with Gasteiger partial charge in [-0.2, -0.15) is 0 Å². The zero-order valence-corrected chi connectivity index (χ0v) is 10.1. The van der Waals surface area contributed by atoms with Crippen LogP contribution < -0.4 is 10.6 Å². The van der Waals surface area contributed by atoms with Gasteiger partial charge in [0.25, 0.3) is 0 Å². The molecule has 1 aromatic rings. The highest BCUT2D eigenvalue weighted by Gasteiger charge is 2.28. The van der Waals surface area contributed by atoms with E-state index >= 15 is 0 Å². The van der Waals surface area contributed by atoms with E-state index in [0.29, 0.717) is 25.4 Å². The number of nitrogens with two attached hydrogens (primary N) is 1. The van der Waals surface area contributed by atoms with Crippen molar-refractivity contribution in [1.29, 1.82) is 0 Å². The lowest BCUT2D eigenvalue weighted by Gasteiger charge is -2.25. The number of hydrogen-bond acceptors (Lipinski definition) is 3. The van der Waals surface area contributed by atoms with Crippen molar-refractivity contribution in [3.63, 3.8) is 0 Å². The van der Waals surface area contributed by atoms with E-state index in [9.17, 15) is 4.79 Å². The second kappa shape index (κ2) is 5.19. The number of benzene rings is 1. The molecular formula is C13H18N2O2. The van der Waals surface area contributed by atoms with Crippen molar-refractivity contribution in [2.75, 3.05) is 30.4 Å². The second-order valence-corrected chi connectivity index (χ2v) is 4.20. The molecule has 1 atom stereocenters. The molecule has 2 rings (SSSR count). The molecule has 0 aliphatic carbocycles.